The third-order valence-electron chi connectivity index (χ3n) is 3.84. The van der Waals surface area contributed by atoms with Gasteiger partial charge in [0.05, 0.1) is 17.5 Å². The summed E-state index contributed by atoms with van der Waals surface area (Å²) in [6.07, 6.45) is 1.10. The van der Waals surface area contributed by atoms with Gasteiger partial charge in [0.25, 0.3) is 0 Å². The van der Waals surface area contributed by atoms with Gasteiger partial charge in [0.1, 0.15) is 0 Å². The van der Waals surface area contributed by atoms with Crippen LogP contribution < -0.4 is 4.31 Å². The smallest absolute Gasteiger partial charge is 0.338 e. The van der Waals surface area contributed by atoms with Crippen LogP contribution in [0.5, 0.6) is 0 Å². The number of Topliss-reactive ketones (excluding diaryl/α,β-unsaturated/α-hetero) is 1. The first-order valence-corrected chi connectivity index (χ1v) is 9.75. The fourth-order valence-corrected chi connectivity index (χ4v) is 2.94. The van der Waals surface area contributed by atoms with Crippen LogP contribution in [0.3, 0.4) is 0 Å². The molecule has 0 radical (unpaired) electrons. The lowest BCUT2D eigenvalue weighted by Crippen LogP contribution is -2.24. The van der Waals surface area contributed by atoms with Crippen LogP contribution in [-0.2, 0) is 14.8 Å². The van der Waals surface area contributed by atoms with Gasteiger partial charge in [-0.2, -0.15) is 0 Å². The van der Waals surface area contributed by atoms with Crippen LogP contribution >= 0.6 is 0 Å². The number of aryl methyl sites for hydroxylation is 2. The highest BCUT2D eigenvalue weighted by atomic mass is 32.2. The van der Waals surface area contributed by atoms with E-state index in [1.165, 1.54) is 31.3 Å². The molecule has 0 saturated carbocycles. The van der Waals surface area contributed by atoms with Crippen LogP contribution in [0.4, 0.5) is 5.69 Å². The average molecular weight is 375 g/mol. The van der Waals surface area contributed by atoms with Crippen LogP contribution in [0, 0.1) is 13.8 Å². The van der Waals surface area contributed by atoms with Crippen LogP contribution in [-0.4, -0.2) is 40.1 Å². The molecular weight excluding hydrogens is 354 g/mol. The van der Waals surface area contributed by atoms with E-state index < -0.39 is 16.0 Å². The molecule has 0 aliphatic heterocycles. The first-order valence-electron chi connectivity index (χ1n) is 7.90. The van der Waals surface area contributed by atoms with E-state index in [0.717, 1.165) is 21.7 Å². The SMILES string of the molecule is Cc1cc(C)cc(C(=O)OCC(=O)c2ccc(N(C)S(C)(=O)=O)cc2)c1. The molecule has 2 aromatic carbocycles. The molecule has 26 heavy (non-hydrogen) atoms. The highest BCUT2D eigenvalue weighted by molar-refractivity contribution is 7.92. The summed E-state index contributed by atoms with van der Waals surface area (Å²) in [4.78, 5) is 24.3. The normalized spacial score (nSPS) is 11.1. The fourth-order valence-electron chi connectivity index (χ4n) is 2.44. The summed E-state index contributed by atoms with van der Waals surface area (Å²) in [6.45, 7) is 3.38. The number of sulfonamides is 1. The quantitative estimate of drug-likeness (QED) is 0.573. The second-order valence-corrected chi connectivity index (χ2v) is 8.17. The van der Waals surface area contributed by atoms with Gasteiger partial charge in [0.2, 0.25) is 10.0 Å². The summed E-state index contributed by atoms with van der Waals surface area (Å²) in [5.41, 5.74) is 3.06. The van der Waals surface area contributed by atoms with Gasteiger partial charge in [-0.05, 0) is 50.2 Å². The van der Waals surface area contributed by atoms with Gasteiger partial charge >= 0.3 is 5.97 Å². The van der Waals surface area contributed by atoms with E-state index in [4.69, 9.17) is 4.74 Å². The molecule has 0 N–H and O–H groups in total. The third-order valence-corrected chi connectivity index (χ3v) is 5.05. The van der Waals surface area contributed by atoms with Gasteiger partial charge < -0.3 is 4.74 Å². The van der Waals surface area contributed by atoms with E-state index in [0.29, 0.717) is 16.8 Å². The Labute approximate surface area is 153 Å². The Morgan fingerprint density at radius 1 is 0.962 bits per heavy atom. The molecule has 7 heteroatoms. The van der Waals surface area contributed by atoms with E-state index in [2.05, 4.69) is 0 Å². The molecular formula is C19H21NO5S. The number of benzene rings is 2. The highest BCUT2D eigenvalue weighted by Gasteiger charge is 2.15. The summed E-state index contributed by atoms with van der Waals surface area (Å²) in [5.74, 6) is -0.921. The zero-order chi connectivity index (χ0) is 19.5. The molecule has 2 rings (SSSR count). The fraction of sp³-hybridized carbons (Fsp3) is 0.263. The van der Waals surface area contributed by atoms with Crippen molar-refractivity contribution in [2.45, 2.75) is 13.8 Å². The number of hydrogen-bond donors (Lipinski definition) is 0. The lowest BCUT2D eigenvalue weighted by atomic mass is 10.1. The molecule has 0 fully saturated rings. The molecule has 6 nitrogen and oxygen atoms in total. The monoisotopic (exact) mass is 375 g/mol. The Balaban J connectivity index is 2.02. The van der Waals surface area contributed by atoms with E-state index in [1.54, 1.807) is 12.1 Å². The third kappa shape index (κ3) is 4.92. The number of esters is 1. The number of carbonyl (C=O) groups excluding carboxylic acids is 2. The summed E-state index contributed by atoms with van der Waals surface area (Å²) in [7, 11) is -1.94. The van der Waals surface area contributed by atoms with Crippen LogP contribution in [0.2, 0.25) is 0 Å². The lowest BCUT2D eigenvalue weighted by molar-refractivity contribution is 0.0474. The predicted octanol–water partition coefficient (Wildman–Crippen LogP) is 2.74. The van der Waals surface area contributed by atoms with Gasteiger partial charge in [0, 0.05) is 12.6 Å². The highest BCUT2D eigenvalue weighted by Crippen LogP contribution is 2.17. The van der Waals surface area contributed by atoms with Gasteiger partial charge in [-0.1, -0.05) is 17.2 Å². The largest absolute Gasteiger partial charge is 0.454 e. The Kier molecular flexibility index (Phi) is 5.82. The Morgan fingerprint density at radius 3 is 2.00 bits per heavy atom. The number of carbonyl (C=O) groups is 2. The first kappa shape index (κ1) is 19.7. The maximum Gasteiger partial charge on any atom is 0.338 e. The molecule has 0 unspecified atom stereocenters. The minimum absolute atomic E-state index is 0.337. The van der Waals surface area contributed by atoms with Crippen LogP contribution in [0.1, 0.15) is 31.8 Å². The van der Waals surface area contributed by atoms with Crippen LogP contribution in [0.15, 0.2) is 42.5 Å². The van der Waals surface area contributed by atoms with E-state index >= 15 is 0 Å². The second kappa shape index (κ2) is 7.70. The number of anilines is 1. The van der Waals surface area contributed by atoms with E-state index in [1.807, 2.05) is 19.9 Å². The zero-order valence-corrected chi connectivity index (χ0v) is 16.0. The summed E-state index contributed by atoms with van der Waals surface area (Å²) in [6, 6.07) is 11.4. The van der Waals surface area contributed by atoms with Crippen molar-refractivity contribution in [2.75, 3.05) is 24.2 Å². The molecule has 0 aromatic heterocycles. The summed E-state index contributed by atoms with van der Waals surface area (Å²) < 4.78 is 29.2. The van der Waals surface area contributed by atoms with Gasteiger partial charge in [-0.3, -0.25) is 9.10 Å². The molecule has 0 amide bonds. The number of rotatable bonds is 6. The molecule has 0 saturated heterocycles. The Hall–Kier alpha value is -2.67. The van der Waals surface area contributed by atoms with Crippen molar-refractivity contribution >= 4 is 27.5 Å². The van der Waals surface area contributed by atoms with Crippen molar-refractivity contribution in [3.8, 4) is 0 Å². The summed E-state index contributed by atoms with van der Waals surface area (Å²) >= 11 is 0. The number of nitrogens with zero attached hydrogens (tertiary/aromatic N) is 1. The van der Waals surface area contributed by atoms with Crippen molar-refractivity contribution in [2.24, 2.45) is 0 Å². The van der Waals surface area contributed by atoms with Gasteiger partial charge in [-0.25, -0.2) is 13.2 Å². The van der Waals surface area contributed by atoms with Crippen molar-refractivity contribution < 1.29 is 22.7 Å². The molecule has 138 valence electrons. The first-order chi connectivity index (χ1) is 12.1. The van der Waals surface area contributed by atoms with E-state index in [-0.39, 0.29) is 12.4 Å². The minimum Gasteiger partial charge on any atom is -0.454 e. The molecule has 0 aliphatic rings. The lowest BCUT2D eigenvalue weighted by Gasteiger charge is -2.16. The van der Waals surface area contributed by atoms with Crippen molar-refractivity contribution in [1.82, 2.24) is 0 Å². The van der Waals surface area contributed by atoms with Gasteiger partial charge in [0.15, 0.2) is 12.4 Å². The minimum atomic E-state index is -3.37. The second-order valence-electron chi connectivity index (χ2n) is 6.15. The molecule has 0 heterocycles. The molecule has 0 bridgehead atoms. The molecule has 2 aromatic rings. The molecule has 0 atom stereocenters. The van der Waals surface area contributed by atoms with Gasteiger partial charge in [-0.15, -0.1) is 0 Å². The maximum atomic E-state index is 12.2. The predicted molar refractivity (Wildman–Crippen MR) is 100 cm³/mol. The number of ketones is 1. The Bertz CT molecular complexity index is 913. The van der Waals surface area contributed by atoms with Crippen molar-refractivity contribution in [3.05, 3.63) is 64.7 Å². The molecule has 0 spiro atoms. The van der Waals surface area contributed by atoms with E-state index in [9.17, 15) is 18.0 Å². The Morgan fingerprint density at radius 2 is 1.50 bits per heavy atom. The standard InChI is InChI=1S/C19H21NO5S/c1-13-9-14(2)11-16(10-13)19(22)25-12-18(21)15-5-7-17(8-6-15)20(3)26(4,23)24/h5-11H,12H2,1-4H3. The number of ether oxygens (including phenoxy) is 1. The van der Waals surface area contributed by atoms with Crippen molar-refractivity contribution in [1.29, 1.82) is 0 Å². The number of hydrogen-bond acceptors (Lipinski definition) is 5. The summed E-state index contributed by atoms with van der Waals surface area (Å²) in [5, 5.41) is 0. The zero-order valence-electron chi connectivity index (χ0n) is 15.1. The maximum absolute atomic E-state index is 12.2. The molecule has 0 aliphatic carbocycles. The average Bonchev–Trinajstić information content (AvgIpc) is 2.57. The van der Waals surface area contributed by atoms with Crippen LogP contribution in [0.25, 0.3) is 0 Å². The topological polar surface area (TPSA) is 80.8 Å². The van der Waals surface area contributed by atoms with Crippen molar-refractivity contribution in [3.63, 3.8) is 0 Å².